The first-order valence-corrected chi connectivity index (χ1v) is 9.37. The van der Waals surface area contributed by atoms with Gasteiger partial charge in [0.25, 0.3) is 0 Å². The van der Waals surface area contributed by atoms with Crippen LogP contribution in [0.5, 0.6) is 0 Å². The summed E-state index contributed by atoms with van der Waals surface area (Å²) < 4.78 is 5.89. The summed E-state index contributed by atoms with van der Waals surface area (Å²) in [5.41, 5.74) is 3.93. The van der Waals surface area contributed by atoms with Crippen LogP contribution in [0.1, 0.15) is 38.2 Å². The van der Waals surface area contributed by atoms with Crippen LogP contribution >= 0.6 is 0 Å². The van der Waals surface area contributed by atoms with Crippen LogP contribution < -0.4 is 0 Å². The van der Waals surface area contributed by atoms with Crippen LogP contribution in [0.3, 0.4) is 0 Å². The van der Waals surface area contributed by atoms with Gasteiger partial charge in [-0.25, -0.2) is 0 Å². The first-order valence-electron chi connectivity index (χ1n) is 9.37. The fourth-order valence-electron chi connectivity index (χ4n) is 3.15. The first kappa shape index (κ1) is 18.2. The lowest BCUT2D eigenvalue weighted by Crippen LogP contribution is -2.29. The first-order chi connectivity index (χ1) is 12.8. The maximum absolute atomic E-state index is 9.56. The lowest BCUT2D eigenvalue weighted by atomic mass is 9.89. The van der Waals surface area contributed by atoms with Gasteiger partial charge in [0.15, 0.2) is 5.60 Å². The molecule has 26 heavy (non-hydrogen) atoms. The molecule has 0 amide bonds. The minimum Gasteiger partial charge on any atom is -0.356 e. The second-order valence-electron chi connectivity index (χ2n) is 6.70. The second-order valence-corrected chi connectivity index (χ2v) is 6.70. The Morgan fingerprint density at radius 2 is 1.65 bits per heavy atom. The molecule has 2 nitrogen and oxygen atoms in total. The summed E-state index contributed by atoms with van der Waals surface area (Å²) in [5.74, 6) is 0. The fourth-order valence-corrected chi connectivity index (χ4v) is 3.15. The molecular weight excluding hydrogens is 318 g/mol. The Labute approximate surface area is 156 Å². The average molecular weight is 343 g/mol. The highest BCUT2D eigenvalue weighted by atomic mass is 16.5. The molecule has 2 heteroatoms. The van der Waals surface area contributed by atoms with Crippen LogP contribution in [0, 0.1) is 11.3 Å². The van der Waals surface area contributed by atoms with E-state index in [0.717, 1.165) is 24.8 Å². The van der Waals surface area contributed by atoms with Gasteiger partial charge >= 0.3 is 0 Å². The number of unbranched alkanes of at least 4 members (excludes halogenated alkanes) is 2. The third kappa shape index (κ3) is 4.31. The molecule has 132 valence electrons. The van der Waals surface area contributed by atoms with Crippen molar-refractivity contribution in [2.24, 2.45) is 0 Å². The number of nitriles is 1. The molecule has 0 N–H and O–H groups in total. The third-order valence-electron chi connectivity index (χ3n) is 4.78. The van der Waals surface area contributed by atoms with Gasteiger partial charge < -0.3 is 4.74 Å². The van der Waals surface area contributed by atoms with Gasteiger partial charge in [-0.3, -0.25) is 0 Å². The fraction of sp³-hybridized carbons (Fsp3) is 0.292. The minimum atomic E-state index is -0.804. The molecule has 1 unspecified atom stereocenters. The van der Waals surface area contributed by atoms with E-state index in [2.05, 4.69) is 67.6 Å². The molecule has 2 aromatic rings. The number of hydrogen-bond acceptors (Lipinski definition) is 2. The summed E-state index contributed by atoms with van der Waals surface area (Å²) in [7, 11) is 0. The Balaban J connectivity index is 1.67. The molecule has 0 aromatic heterocycles. The number of rotatable bonds is 7. The van der Waals surface area contributed by atoms with Crippen molar-refractivity contribution in [3.05, 3.63) is 78.4 Å². The Bertz CT molecular complexity index is 812. The van der Waals surface area contributed by atoms with Crippen LogP contribution in [-0.4, -0.2) is 12.2 Å². The summed E-state index contributed by atoms with van der Waals surface area (Å²) in [6, 6.07) is 21.3. The number of ether oxygens (including phenoxy) is 1. The third-order valence-corrected chi connectivity index (χ3v) is 4.78. The standard InChI is InChI=1S/C24H25NO/c1-2-3-7-18-26-24(19-25)16-14-23(15-17-24)22-12-10-21(11-13-22)20-8-5-4-6-9-20/h4-6,8-16H,2-3,7,17-18H2,1H3. The van der Waals surface area contributed by atoms with E-state index in [0.29, 0.717) is 13.0 Å². The molecule has 0 radical (unpaired) electrons. The molecular formula is C24H25NO. The van der Waals surface area contributed by atoms with Gasteiger partial charge in [0.1, 0.15) is 6.07 Å². The Morgan fingerprint density at radius 3 is 2.27 bits per heavy atom. The maximum atomic E-state index is 9.56. The summed E-state index contributed by atoms with van der Waals surface area (Å²) in [6.45, 7) is 2.80. The number of nitrogens with zero attached hydrogens (tertiary/aromatic N) is 1. The van der Waals surface area contributed by atoms with Crippen molar-refractivity contribution in [3.8, 4) is 17.2 Å². The quantitative estimate of drug-likeness (QED) is 0.563. The predicted octanol–water partition coefficient (Wildman–Crippen LogP) is 6.17. The van der Waals surface area contributed by atoms with Crippen molar-refractivity contribution in [3.63, 3.8) is 0 Å². The van der Waals surface area contributed by atoms with Crippen molar-refractivity contribution < 1.29 is 4.74 Å². The predicted molar refractivity (Wildman–Crippen MR) is 107 cm³/mol. The largest absolute Gasteiger partial charge is 0.356 e. The molecule has 0 aliphatic heterocycles. The Morgan fingerprint density at radius 1 is 0.962 bits per heavy atom. The molecule has 0 spiro atoms. The molecule has 2 aromatic carbocycles. The van der Waals surface area contributed by atoms with E-state index in [4.69, 9.17) is 4.74 Å². The Kier molecular flexibility index (Phi) is 6.04. The van der Waals surface area contributed by atoms with E-state index in [-0.39, 0.29) is 0 Å². The van der Waals surface area contributed by atoms with E-state index >= 15 is 0 Å². The highest BCUT2D eigenvalue weighted by Crippen LogP contribution is 2.30. The normalized spacial score (nSPS) is 19.0. The second kappa shape index (κ2) is 8.65. The molecule has 0 saturated carbocycles. The molecule has 3 rings (SSSR count). The highest BCUT2D eigenvalue weighted by molar-refractivity contribution is 5.77. The van der Waals surface area contributed by atoms with Crippen LogP contribution in [0.2, 0.25) is 0 Å². The smallest absolute Gasteiger partial charge is 0.176 e. The number of benzene rings is 2. The zero-order chi connectivity index (χ0) is 18.2. The topological polar surface area (TPSA) is 33.0 Å². The van der Waals surface area contributed by atoms with E-state index in [1.54, 1.807) is 0 Å². The summed E-state index contributed by atoms with van der Waals surface area (Å²) >= 11 is 0. The van der Waals surface area contributed by atoms with E-state index < -0.39 is 5.60 Å². The molecule has 0 heterocycles. The van der Waals surface area contributed by atoms with Crippen molar-refractivity contribution in [2.45, 2.75) is 38.2 Å². The van der Waals surface area contributed by atoms with Crippen molar-refractivity contribution in [2.75, 3.05) is 6.61 Å². The average Bonchev–Trinajstić information content (AvgIpc) is 2.72. The molecule has 1 aliphatic carbocycles. The van der Waals surface area contributed by atoms with Crippen LogP contribution in [-0.2, 0) is 4.74 Å². The van der Waals surface area contributed by atoms with Gasteiger partial charge in [-0.1, -0.05) is 86.5 Å². The van der Waals surface area contributed by atoms with Crippen molar-refractivity contribution >= 4 is 5.57 Å². The molecule has 1 aliphatic rings. The number of allylic oxidation sites excluding steroid dienone is 2. The molecule has 1 atom stereocenters. The Hall–Kier alpha value is -2.63. The van der Waals surface area contributed by atoms with Crippen LogP contribution in [0.15, 0.2) is 72.8 Å². The minimum absolute atomic E-state index is 0.599. The SMILES string of the molecule is CCCCCOC1(C#N)C=CC(c2ccc(-c3ccccc3)cc2)=CC1. The molecule has 0 saturated heterocycles. The summed E-state index contributed by atoms with van der Waals surface area (Å²) in [4.78, 5) is 0. The van der Waals surface area contributed by atoms with E-state index in [1.165, 1.54) is 16.7 Å². The summed E-state index contributed by atoms with van der Waals surface area (Å²) in [6.07, 6.45) is 9.94. The maximum Gasteiger partial charge on any atom is 0.176 e. The van der Waals surface area contributed by atoms with Crippen LogP contribution in [0.4, 0.5) is 0 Å². The zero-order valence-corrected chi connectivity index (χ0v) is 15.3. The van der Waals surface area contributed by atoms with Gasteiger partial charge in [0, 0.05) is 13.0 Å². The van der Waals surface area contributed by atoms with Gasteiger partial charge in [-0.15, -0.1) is 0 Å². The van der Waals surface area contributed by atoms with E-state index in [9.17, 15) is 5.26 Å². The van der Waals surface area contributed by atoms with Gasteiger partial charge in [0.2, 0.25) is 0 Å². The highest BCUT2D eigenvalue weighted by Gasteiger charge is 2.29. The van der Waals surface area contributed by atoms with Gasteiger partial charge in [-0.05, 0) is 34.8 Å². The summed E-state index contributed by atoms with van der Waals surface area (Å²) in [5, 5.41) is 9.56. The lowest BCUT2D eigenvalue weighted by Gasteiger charge is -2.25. The molecule has 0 bridgehead atoms. The van der Waals surface area contributed by atoms with Crippen molar-refractivity contribution in [1.29, 1.82) is 5.26 Å². The number of hydrogen-bond donors (Lipinski definition) is 0. The zero-order valence-electron chi connectivity index (χ0n) is 15.3. The van der Waals surface area contributed by atoms with E-state index in [1.807, 2.05) is 18.2 Å². The van der Waals surface area contributed by atoms with Gasteiger partial charge in [-0.2, -0.15) is 5.26 Å². The monoisotopic (exact) mass is 343 g/mol. The molecule has 0 fully saturated rings. The van der Waals surface area contributed by atoms with Crippen molar-refractivity contribution in [1.82, 2.24) is 0 Å². The lowest BCUT2D eigenvalue weighted by molar-refractivity contribution is 0.0325. The van der Waals surface area contributed by atoms with Gasteiger partial charge in [0.05, 0.1) is 0 Å². The van der Waals surface area contributed by atoms with Crippen LogP contribution in [0.25, 0.3) is 16.7 Å².